The minimum absolute atomic E-state index is 1.13. The van der Waals surface area contributed by atoms with Crippen LogP contribution in [0.2, 0.25) is 0 Å². The molecule has 2 aromatic heterocycles. The van der Waals surface area contributed by atoms with Gasteiger partial charge in [0.25, 0.3) is 0 Å². The van der Waals surface area contributed by atoms with Crippen LogP contribution in [0.25, 0.3) is 69.2 Å². The van der Waals surface area contributed by atoms with Crippen molar-refractivity contribution < 1.29 is 0 Å². The fourth-order valence-electron chi connectivity index (χ4n) is 7.45. The molecule has 0 aliphatic carbocycles. The lowest BCUT2D eigenvalue weighted by Crippen LogP contribution is -2.10. The summed E-state index contributed by atoms with van der Waals surface area (Å²) in [5.74, 6) is 0. The molecule has 0 bridgehead atoms. The Morgan fingerprint density at radius 3 is 2.02 bits per heavy atom. The molecule has 0 atom stereocenters. The van der Waals surface area contributed by atoms with Gasteiger partial charge in [0, 0.05) is 53.4 Å². The van der Waals surface area contributed by atoms with E-state index < -0.39 is 0 Å². The van der Waals surface area contributed by atoms with E-state index in [-0.39, 0.29) is 0 Å². The van der Waals surface area contributed by atoms with Crippen LogP contribution in [0.5, 0.6) is 0 Å². The van der Waals surface area contributed by atoms with Gasteiger partial charge < -0.3 is 9.47 Å². The van der Waals surface area contributed by atoms with Gasteiger partial charge in [0.05, 0.1) is 16.7 Å². The van der Waals surface area contributed by atoms with Crippen LogP contribution in [-0.4, -0.2) is 4.57 Å². The Hall–Kier alpha value is -5.90. The van der Waals surface area contributed by atoms with Crippen molar-refractivity contribution in [3.63, 3.8) is 0 Å². The SMILES string of the molecule is c1ccc(N(c2ccc3c(c2)c2c4c(ccc2n3-c2ccc3ccccc3c2)sc2ccccc24)c2cccc3ccccc23)cc1. The highest BCUT2D eigenvalue weighted by atomic mass is 32.1. The summed E-state index contributed by atoms with van der Waals surface area (Å²) in [5, 5.41) is 10.1. The quantitative estimate of drug-likeness (QED) is 0.191. The number of fused-ring (bicyclic) bond motifs is 9. The van der Waals surface area contributed by atoms with Crippen LogP contribution in [0.15, 0.2) is 170 Å². The Balaban J connectivity index is 1.33. The average Bonchev–Trinajstić information content (AvgIpc) is 3.67. The molecule has 10 aromatic rings. The van der Waals surface area contributed by atoms with Gasteiger partial charge in [-0.1, -0.05) is 103 Å². The minimum Gasteiger partial charge on any atom is -0.310 e. The van der Waals surface area contributed by atoms with Crippen molar-refractivity contribution in [2.45, 2.75) is 0 Å². The van der Waals surface area contributed by atoms with Crippen LogP contribution in [0.4, 0.5) is 17.1 Å². The molecule has 0 fully saturated rings. The summed E-state index contributed by atoms with van der Waals surface area (Å²) in [6.45, 7) is 0. The minimum atomic E-state index is 1.13. The summed E-state index contributed by atoms with van der Waals surface area (Å²) < 4.78 is 5.09. The second kappa shape index (κ2) is 10.3. The molecule has 0 aliphatic heterocycles. The number of rotatable bonds is 4. The van der Waals surface area contributed by atoms with Crippen molar-refractivity contribution in [2.24, 2.45) is 0 Å². The van der Waals surface area contributed by atoms with Gasteiger partial charge in [0.1, 0.15) is 0 Å². The van der Waals surface area contributed by atoms with Crippen molar-refractivity contribution in [2.75, 3.05) is 4.90 Å². The number of nitrogens with zero attached hydrogens (tertiary/aromatic N) is 2. The molecule has 0 spiro atoms. The molecule has 2 nitrogen and oxygen atoms in total. The van der Waals surface area contributed by atoms with E-state index in [1.54, 1.807) is 0 Å². The predicted molar refractivity (Wildman–Crippen MR) is 203 cm³/mol. The van der Waals surface area contributed by atoms with Gasteiger partial charge in [0.15, 0.2) is 0 Å². The van der Waals surface area contributed by atoms with E-state index in [0.717, 1.165) is 17.1 Å². The van der Waals surface area contributed by atoms with E-state index in [1.807, 2.05) is 11.3 Å². The second-order valence-corrected chi connectivity index (χ2v) is 13.3. The van der Waals surface area contributed by atoms with E-state index in [9.17, 15) is 0 Å². The van der Waals surface area contributed by atoms with Crippen LogP contribution in [0.3, 0.4) is 0 Å². The normalized spacial score (nSPS) is 11.8. The summed E-state index contributed by atoms with van der Waals surface area (Å²) in [5.41, 5.74) is 7.02. The zero-order chi connectivity index (χ0) is 30.9. The Labute approximate surface area is 276 Å². The van der Waals surface area contributed by atoms with Crippen molar-refractivity contribution in [3.05, 3.63) is 170 Å². The summed E-state index contributed by atoms with van der Waals surface area (Å²) in [6, 6.07) is 62.0. The molecule has 47 heavy (non-hydrogen) atoms. The van der Waals surface area contributed by atoms with Gasteiger partial charge >= 0.3 is 0 Å². The van der Waals surface area contributed by atoms with E-state index >= 15 is 0 Å². The van der Waals surface area contributed by atoms with Gasteiger partial charge in [-0.2, -0.15) is 0 Å². The maximum Gasteiger partial charge on any atom is 0.0548 e. The standard InChI is InChI=1S/C44H28N2S/c1-2-15-32(16-3-1)45(38-19-10-14-30-12-6-7-17-35(30)38)34-23-24-39-37(28-34)43-40(25-26-42-44(43)36-18-8-9-20-41(36)47-42)46(39)33-22-21-29-11-4-5-13-31(29)27-33/h1-28H. The topological polar surface area (TPSA) is 8.17 Å². The third-order valence-corrected chi connectivity index (χ3v) is 10.7. The summed E-state index contributed by atoms with van der Waals surface area (Å²) in [7, 11) is 0. The first kappa shape index (κ1) is 26.3. The first-order valence-corrected chi connectivity index (χ1v) is 16.8. The van der Waals surface area contributed by atoms with E-state index in [0.29, 0.717) is 0 Å². The molecule has 0 saturated heterocycles. The largest absolute Gasteiger partial charge is 0.310 e. The summed E-state index contributed by atoms with van der Waals surface area (Å²) in [6.07, 6.45) is 0. The van der Waals surface area contributed by atoms with Crippen LogP contribution >= 0.6 is 11.3 Å². The van der Waals surface area contributed by atoms with Crippen LogP contribution in [-0.2, 0) is 0 Å². The second-order valence-electron chi connectivity index (χ2n) is 12.2. The lowest BCUT2D eigenvalue weighted by atomic mass is 10.0. The third kappa shape index (κ3) is 4.04. The molecule has 0 aliphatic rings. The lowest BCUT2D eigenvalue weighted by Gasteiger charge is -2.27. The van der Waals surface area contributed by atoms with Gasteiger partial charge in [0.2, 0.25) is 0 Å². The third-order valence-electron chi connectivity index (χ3n) is 9.52. The number of aromatic nitrogens is 1. The molecule has 220 valence electrons. The summed E-state index contributed by atoms with van der Waals surface area (Å²) >= 11 is 1.88. The fraction of sp³-hybridized carbons (Fsp3) is 0. The smallest absolute Gasteiger partial charge is 0.0548 e. The van der Waals surface area contributed by atoms with Crippen molar-refractivity contribution in [1.29, 1.82) is 0 Å². The Morgan fingerprint density at radius 1 is 0.404 bits per heavy atom. The first-order chi connectivity index (χ1) is 23.3. The van der Waals surface area contributed by atoms with Gasteiger partial charge in [-0.15, -0.1) is 11.3 Å². The number of benzene rings is 8. The Bertz CT molecular complexity index is 2800. The Morgan fingerprint density at radius 2 is 1.13 bits per heavy atom. The summed E-state index contributed by atoms with van der Waals surface area (Å²) in [4.78, 5) is 2.41. The highest BCUT2D eigenvalue weighted by Crippen LogP contribution is 2.46. The zero-order valence-electron chi connectivity index (χ0n) is 25.5. The molecule has 0 radical (unpaired) electrons. The molecule has 0 unspecified atom stereocenters. The highest BCUT2D eigenvalue weighted by Gasteiger charge is 2.21. The Kier molecular flexibility index (Phi) is 5.78. The average molecular weight is 617 g/mol. The fourth-order valence-corrected chi connectivity index (χ4v) is 8.57. The van der Waals surface area contributed by atoms with Crippen LogP contribution in [0.1, 0.15) is 0 Å². The van der Waals surface area contributed by atoms with Crippen molar-refractivity contribution >= 4 is 91.9 Å². The zero-order valence-corrected chi connectivity index (χ0v) is 26.3. The lowest BCUT2D eigenvalue weighted by molar-refractivity contribution is 1.19. The van der Waals surface area contributed by atoms with Crippen LogP contribution < -0.4 is 4.90 Å². The van der Waals surface area contributed by atoms with Crippen LogP contribution in [0, 0.1) is 0 Å². The molecule has 10 rings (SSSR count). The molecule has 0 N–H and O–H groups in total. The number of hydrogen-bond donors (Lipinski definition) is 0. The molecular weight excluding hydrogens is 589 g/mol. The van der Waals surface area contributed by atoms with Crippen molar-refractivity contribution in [3.8, 4) is 5.69 Å². The number of anilines is 3. The number of para-hydroxylation sites is 1. The van der Waals surface area contributed by atoms with Gasteiger partial charge in [-0.05, 0) is 82.9 Å². The van der Waals surface area contributed by atoms with E-state index in [4.69, 9.17) is 0 Å². The van der Waals surface area contributed by atoms with Gasteiger partial charge in [-0.3, -0.25) is 0 Å². The number of hydrogen-bond acceptors (Lipinski definition) is 2. The van der Waals surface area contributed by atoms with E-state index in [2.05, 4.69) is 179 Å². The molecular formula is C44H28N2S. The molecule has 0 saturated carbocycles. The molecule has 0 amide bonds. The van der Waals surface area contributed by atoms with Gasteiger partial charge in [-0.25, -0.2) is 0 Å². The number of thiophene rings is 1. The molecule has 3 heteroatoms. The van der Waals surface area contributed by atoms with E-state index in [1.165, 1.54) is 69.2 Å². The monoisotopic (exact) mass is 616 g/mol. The maximum absolute atomic E-state index is 2.46. The molecule has 8 aromatic carbocycles. The van der Waals surface area contributed by atoms with Crippen molar-refractivity contribution in [1.82, 2.24) is 4.57 Å². The highest BCUT2D eigenvalue weighted by molar-refractivity contribution is 7.26. The predicted octanol–water partition coefficient (Wildman–Crippen LogP) is 12.9. The maximum atomic E-state index is 2.46. The molecule has 2 heterocycles. The first-order valence-electron chi connectivity index (χ1n) is 16.0.